The first-order valence-corrected chi connectivity index (χ1v) is 3.71. The van der Waals surface area contributed by atoms with Gasteiger partial charge in [0.15, 0.2) is 12.6 Å². The number of hydrogen-bond acceptors (Lipinski definition) is 5. The summed E-state index contributed by atoms with van der Waals surface area (Å²) in [6.45, 7) is 3.20. The summed E-state index contributed by atoms with van der Waals surface area (Å²) in [6.07, 6.45) is 0.227. The third-order valence-electron chi connectivity index (χ3n) is 1.23. The molecule has 1 radical (unpaired) electrons. The van der Waals surface area contributed by atoms with Gasteiger partial charge in [-0.1, -0.05) is 5.23 Å². The Labute approximate surface area is 77.2 Å². The maximum Gasteiger partial charge on any atom is 0.366 e. The van der Waals surface area contributed by atoms with Crippen LogP contribution in [0.1, 0.15) is 13.8 Å². The SMILES string of the molecule is COC(C)ON([C]=O)OC(C)OC. The van der Waals surface area contributed by atoms with E-state index in [-0.39, 0.29) is 0 Å². The van der Waals surface area contributed by atoms with Crippen molar-refractivity contribution in [3.8, 4) is 0 Å². The minimum atomic E-state index is -0.592. The van der Waals surface area contributed by atoms with Crippen molar-refractivity contribution in [3.63, 3.8) is 0 Å². The second kappa shape index (κ2) is 6.79. The lowest BCUT2D eigenvalue weighted by Gasteiger charge is -2.20. The van der Waals surface area contributed by atoms with Crippen molar-refractivity contribution in [1.29, 1.82) is 0 Å². The third-order valence-corrected chi connectivity index (χ3v) is 1.23. The summed E-state index contributed by atoms with van der Waals surface area (Å²) >= 11 is 0. The Bertz CT molecular complexity index is 131. The maximum atomic E-state index is 10.2. The van der Waals surface area contributed by atoms with Gasteiger partial charge in [-0.2, -0.15) is 0 Å². The summed E-state index contributed by atoms with van der Waals surface area (Å²) in [5.74, 6) is 0. The molecule has 0 saturated heterocycles. The number of hydrogen-bond donors (Lipinski definition) is 0. The van der Waals surface area contributed by atoms with E-state index in [4.69, 9.17) is 19.1 Å². The molecule has 1 amide bonds. The zero-order chi connectivity index (χ0) is 10.3. The van der Waals surface area contributed by atoms with Crippen LogP contribution in [0, 0.1) is 0 Å². The molecule has 0 aliphatic heterocycles. The minimum absolute atomic E-state index is 0.530. The van der Waals surface area contributed by atoms with Crippen molar-refractivity contribution in [2.45, 2.75) is 26.4 Å². The normalized spacial score (nSPS) is 15.1. The lowest BCUT2D eigenvalue weighted by molar-refractivity contribution is -0.406. The highest BCUT2D eigenvalue weighted by Crippen LogP contribution is 2.00. The molecule has 13 heavy (non-hydrogen) atoms. The summed E-state index contributed by atoms with van der Waals surface area (Å²) in [4.78, 5) is 19.9. The number of amides is 1. The Kier molecular flexibility index (Phi) is 6.43. The Morgan fingerprint density at radius 3 is 1.69 bits per heavy atom. The van der Waals surface area contributed by atoms with Crippen LogP contribution in [-0.2, 0) is 23.9 Å². The van der Waals surface area contributed by atoms with Gasteiger partial charge in [-0.05, 0) is 13.8 Å². The van der Waals surface area contributed by atoms with Crippen LogP contribution >= 0.6 is 0 Å². The summed E-state index contributed by atoms with van der Waals surface area (Å²) in [5.41, 5.74) is 0. The molecule has 0 N–H and O–H groups in total. The van der Waals surface area contributed by atoms with Crippen LogP contribution in [0.3, 0.4) is 0 Å². The van der Waals surface area contributed by atoms with Crippen molar-refractivity contribution >= 4 is 6.41 Å². The smallest absolute Gasteiger partial charge is 0.354 e. The second-order valence-corrected chi connectivity index (χ2v) is 2.17. The lowest BCUT2D eigenvalue weighted by atomic mass is 10.8. The fraction of sp³-hybridized carbons (Fsp3) is 0.857. The van der Waals surface area contributed by atoms with Crippen molar-refractivity contribution < 1.29 is 23.9 Å². The summed E-state index contributed by atoms with van der Waals surface area (Å²) in [5, 5.41) is 0.530. The lowest BCUT2D eigenvalue weighted by Crippen LogP contribution is -2.32. The molecule has 0 spiro atoms. The van der Waals surface area contributed by atoms with E-state index in [0.29, 0.717) is 5.23 Å². The van der Waals surface area contributed by atoms with E-state index in [1.165, 1.54) is 20.6 Å². The van der Waals surface area contributed by atoms with Crippen LogP contribution in [0.4, 0.5) is 0 Å². The van der Waals surface area contributed by atoms with Crippen LogP contribution in [0.5, 0.6) is 0 Å². The standard InChI is InChI=1S/C7H14NO5/c1-6(10-3)12-8(5-9)13-7(2)11-4/h6-7H,1-4H3. The van der Waals surface area contributed by atoms with Crippen molar-refractivity contribution in [1.82, 2.24) is 5.23 Å². The highest BCUT2D eigenvalue weighted by atomic mass is 17.0. The van der Waals surface area contributed by atoms with Gasteiger partial charge in [-0.25, -0.2) is 9.68 Å². The molecule has 0 aromatic heterocycles. The Balaban J connectivity index is 3.81. The topological polar surface area (TPSA) is 57.2 Å². The zero-order valence-electron chi connectivity index (χ0n) is 8.14. The van der Waals surface area contributed by atoms with Gasteiger partial charge in [0.05, 0.1) is 0 Å². The highest BCUT2D eigenvalue weighted by Gasteiger charge is 2.13. The molecule has 0 aliphatic rings. The van der Waals surface area contributed by atoms with E-state index in [1.54, 1.807) is 13.8 Å². The average Bonchev–Trinajstić information content (AvgIpc) is 2.16. The van der Waals surface area contributed by atoms with E-state index < -0.39 is 12.6 Å². The van der Waals surface area contributed by atoms with Gasteiger partial charge >= 0.3 is 6.41 Å². The number of ether oxygens (including phenoxy) is 2. The molecule has 2 unspecified atom stereocenters. The van der Waals surface area contributed by atoms with Gasteiger partial charge in [0.1, 0.15) is 0 Å². The number of carbonyl (C=O) groups excluding carboxylic acids is 1. The summed E-state index contributed by atoms with van der Waals surface area (Å²) < 4.78 is 9.47. The van der Waals surface area contributed by atoms with Gasteiger partial charge in [-0.15, -0.1) is 0 Å². The highest BCUT2D eigenvalue weighted by molar-refractivity contribution is 5.44. The van der Waals surface area contributed by atoms with Gasteiger partial charge in [0, 0.05) is 14.2 Å². The molecule has 0 saturated carbocycles. The van der Waals surface area contributed by atoms with E-state index in [2.05, 4.69) is 0 Å². The molecule has 77 valence electrons. The molecule has 6 heteroatoms. The predicted octanol–water partition coefficient (Wildman–Crippen LogP) is 0.204. The molecule has 0 heterocycles. The quantitative estimate of drug-likeness (QED) is 0.328. The first-order chi connectivity index (χ1) is 6.13. The van der Waals surface area contributed by atoms with Crippen LogP contribution in [0.2, 0.25) is 0 Å². The van der Waals surface area contributed by atoms with Crippen LogP contribution in [0.15, 0.2) is 0 Å². The summed E-state index contributed by atoms with van der Waals surface area (Å²) in [6, 6.07) is 0. The molecule has 0 aromatic carbocycles. The molecular formula is C7H14NO5. The first kappa shape index (κ1) is 12.3. The molecule has 0 aromatic rings. The molecule has 2 atom stereocenters. The monoisotopic (exact) mass is 192 g/mol. The fourth-order valence-corrected chi connectivity index (χ4v) is 0.424. The predicted molar refractivity (Wildman–Crippen MR) is 42.6 cm³/mol. The Morgan fingerprint density at radius 2 is 1.46 bits per heavy atom. The molecule has 0 bridgehead atoms. The van der Waals surface area contributed by atoms with Gasteiger partial charge in [0.2, 0.25) is 0 Å². The van der Waals surface area contributed by atoms with Crippen LogP contribution in [0.25, 0.3) is 0 Å². The zero-order valence-corrected chi connectivity index (χ0v) is 8.14. The minimum Gasteiger partial charge on any atom is -0.354 e. The van der Waals surface area contributed by atoms with E-state index in [1.807, 2.05) is 0 Å². The van der Waals surface area contributed by atoms with Gasteiger partial charge in [0.25, 0.3) is 0 Å². The largest absolute Gasteiger partial charge is 0.366 e. The Hall–Kier alpha value is -0.690. The van der Waals surface area contributed by atoms with Gasteiger partial charge < -0.3 is 9.47 Å². The van der Waals surface area contributed by atoms with Crippen molar-refractivity contribution in [3.05, 3.63) is 0 Å². The average molecular weight is 192 g/mol. The molecule has 0 aliphatic carbocycles. The Morgan fingerprint density at radius 1 is 1.08 bits per heavy atom. The number of methoxy groups -OCH3 is 2. The first-order valence-electron chi connectivity index (χ1n) is 3.71. The third kappa shape index (κ3) is 5.53. The van der Waals surface area contributed by atoms with Crippen LogP contribution in [-0.4, -0.2) is 38.4 Å². The van der Waals surface area contributed by atoms with Crippen molar-refractivity contribution in [2.75, 3.05) is 14.2 Å². The van der Waals surface area contributed by atoms with E-state index >= 15 is 0 Å². The number of nitrogens with zero attached hydrogens (tertiary/aromatic N) is 1. The van der Waals surface area contributed by atoms with Crippen molar-refractivity contribution in [2.24, 2.45) is 0 Å². The van der Waals surface area contributed by atoms with Crippen LogP contribution < -0.4 is 0 Å². The maximum absolute atomic E-state index is 10.2. The fourth-order valence-electron chi connectivity index (χ4n) is 0.424. The second-order valence-electron chi connectivity index (χ2n) is 2.17. The molecule has 0 rings (SSSR count). The van der Waals surface area contributed by atoms with Gasteiger partial charge in [-0.3, -0.25) is 4.79 Å². The van der Waals surface area contributed by atoms with E-state index in [9.17, 15) is 4.79 Å². The molecule has 6 nitrogen and oxygen atoms in total. The number of rotatable bonds is 7. The molecule has 0 fully saturated rings. The van der Waals surface area contributed by atoms with E-state index in [0.717, 1.165) is 0 Å². The molecular weight excluding hydrogens is 178 g/mol. The number of hydroxylamine groups is 2. The summed E-state index contributed by atoms with van der Waals surface area (Å²) in [7, 11) is 2.88.